The lowest BCUT2D eigenvalue weighted by Gasteiger charge is -2.10. The van der Waals surface area contributed by atoms with Crippen molar-refractivity contribution in [2.24, 2.45) is 0 Å². The molecule has 0 bridgehead atoms. The summed E-state index contributed by atoms with van der Waals surface area (Å²) in [6.07, 6.45) is 1.88. The molecule has 6 nitrogen and oxygen atoms in total. The van der Waals surface area contributed by atoms with Gasteiger partial charge in [-0.3, -0.25) is 9.36 Å². The molecule has 0 aliphatic rings. The zero-order valence-corrected chi connectivity index (χ0v) is 19.2. The van der Waals surface area contributed by atoms with Gasteiger partial charge in [0.05, 0.1) is 30.2 Å². The normalized spacial score (nSPS) is 10.9. The second-order valence-corrected chi connectivity index (χ2v) is 8.28. The summed E-state index contributed by atoms with van der Waals surface area (Å²) in [5.74, 6) is 0.384. The minimum Gasteiger partial charge on any atom is -0.329 e. The highest BCUT2D eigenvalue weighted by Crippen LogP contribution is 2.21. The van der Waals surface area contributed by atoms with Crippen LogP contribution in [0.3, 0.4) is 0 Å². The molecule has 4 aromatic rings. The first kappa shape index (κ1) is 22.0. The second kappa shape index (κ2) is 9.50. The molecule has 2 aromatic heterocycles. The van der Waals surface area contributed by atoms with Crippen LogP contribution >= 0.6 is 23.8 Å². The summed E-state index contributed by atoms with van der Waals surface area (Å²) in [6, 6.07) is 15.9. The molecule has 32 heavy (non-hydrogen) atoms. The highest BCUT2D eigenvalue weighted by atomic mass is 35.5. The fourth-order valence-electron chi connectivity index (χ4n) is 3.39. The number of hydrogen-bond donors (Lipinski definition) is 2. The number of aromatic nitrogens is 4. The summed E-state index contributed by atoms with van der Waals surface area (Å²) in [6.45, 7) is 5.03. The van der Waals surface area contributed by atoms with Gasteiger partial charge < -0.3 is 10.6 Å². The van der Waals surface area contributed by atoms with Crippen LogP contribution in [0.15, 0.2) is 60.8 Å². The van der Waals surface area contributed by atoms with Crippen LogP contribution in [-0.4, -0.2) is 24.7 Å². The average Bonchev–Trinajstić information content (AvgIpc) is 3.28. The van der Waals surface area contributed by atoms with Crippen LogP contribution in [0.2, 0.25) is 5.02 Å². The molecule has 2 N–H and O–H groups in total. The van der Waals surface area contributed by atoms with Crippen LogP contribution < -0.4 is 10.6 Å². The predicted molar refractivity (Wildman–Crippen MR) is 130 cm³/mol. The topological polar surface area (TPSA) is 59.7 Å². The third-order valence-electron chi connectivity index (χ3n) is 4.98. The Kier molecular flexibility index (Phi) is 6.53. The van der Waals surface area contributed by atoms with Gasteiger partial charge in [-0.25, -0.2) is 4.39 Å². The van der Waals surface area contributed by atoms with Gasteiger partial charge in [-0.1, -0.05) is 35.9 Å². The summed E-state index contributed by atoms with van der Waals surface area (Å²) in [5, 5.41) is 16.6. The van der Waals surface area contributed by atoms with Crippen molar-refractivity contribution >= 4 is 40.4 Å². The van der Waals surface area contributed by atoms with Crippen molar-refractivity contribution < 1.29 is 4.39 Å². The van der Waals surface area contributed by atoms with Crippen LogP contribution in [0.1, 0.15) is 22.5 Å². The molecule has 9 heteroatoms. The van der Waals surface area contributed by atoms with E-state index in [-0.39, 0.29) is 5.82 Å². The molecule has 164 valence electrons. The maximum absolute atomic E-state index is 13.2. The Balaban J connectivity index is 1.39. The number of benzene rings is 2. The monoisotopic (exact) mass is 468 g/mol. The Bertz CT molecular complexity index is 1250. The van der Waals surface area contributed by atoms with Crippen molar-refractivity contribution in [1.29, 1.82) is 0 Å². The van der Waals surface area contributed by atoms with Gasteiger partial charge in [-0.2, -0.15) is 10.2 Å². The second-order valence-electron chi connectivity index (χ2n) is 7.44. The summed E-state index contributed by atoms with van der Waals surface area (Å²) in [7, 11) is 0. The molecule has 2 heterocycles. The van der Waals surface area contributed by atoms with Crippen molar-refractivity contribution in [3.05, 3.63) is 94.1 Å². The molecule has 0 saturated heterocycles. The molecule has 0 aliphatic carbocycles. The molecule has 0 unspecified atom stereocenters. The van der Waals surface area contributed by atoms with Gasteiger partial charge >= 0.3 is 0 Å². The van der Waals surface area contributed by atoms with E-state index in [9.17, 15) is 4.39 Å². The number of anilines is 2. The summed E-state index contributed by atoms with van der Waals surface area (Å²) >= 11 is 11.5. The molecule has 0 amide bonds. The molecule has 2 aromatic carbocycles. The first-order chi connectivity index (χ1) is 15.4. The highest BCUT2D eigenvalue weighted by Gasteiger charge is 2.14. The number of aryl methyl sites for hydroxylation is 1. The molecule has 4 rings (SSSR count). The smallest absolute Gasteiger partial charge is 0.176 e. The van der Waals surface area contributed by atoms with Crippen molar-refractivity contribution in [1.82, 2.24) is 19.6 Å². The molecular weight excluding hydrogens is 447 g/mol. The van der Waals surface area contributed by atoms with Gasteiger partial charge in [0.1, 0.15) is 5.82 Å². The minimum absolute atomic E-state index is 0.254. The Morgan fingerprint density at radius 2 is 1.78 bits per heavy atom. The van der Waals surface area contributed by atoms with E-state index in [0.29, 0.717) is 29.0 Å². The van der Waals surface area contributed by atoms with E-state index < -0.39 is 0 Å². The lowest BCUT2D eigenvalue weighted by molar-refractivity contribution is 0.622. The van der Waals surface area contributed by atoms with E-state index in [1.807, 2.05) is 59.7 Å². The van der Waals surface area contributed by atoms with Gasteiger partial charge in [0.25, 0.3) is 0 Å². The van der Waals surface area contributed by atoms with E-state index in [4.69, 9.17) is 23.8 Å². The predicted octanol–water partition coefficient (Wildman–Crippen LogP) is 5.39. The Morgan fingerprint density at radius 3 is 2.53 bits per heavy atom. The van der Waals surface area contributed by atoms with E-state index in [1.54, 1.807) is 12.1 Å². The zero-order valence-electron chi connectivity index (χ0n) is 17.6. The molecule has 0 aliphatic heterocycles. The average molecular weight is 469 g/mol. The van der Waals surface area contributed by atoms with Crippen LogP contribution in [0.5, 0.6) is 0 Å². The third kappa shape index (κ3) is 5.33. The first-order valence-electron chi connectivity index (χ1n) is 10.0. The number of rotatable bonds is 6. The lowest BCUT2D eigenvalue weighted by Crippen LogP contribution is -2.20. The largest absolute Gasteiger partial charge is 0.329 e. The van der Waals surface area contributed by atoms with E-state index in [2.05, 4.69) is 20.8 Å². The zero-order chi connectivity index (χ0) is 22.7. The number of hydrogen-bond acceptors (Lipinski definition) is 3. The van der Waals surface area contributed by atoms with Gasteiger partial charge in [0.2, 0.25) is 0 Å². The van der Waals surface area contributed by atoms with Crippen LogP contribution in [-0.2, 0) is 13.1 Å². The van der Waals surface area contributed by atoms with Crippen LogP contribution in [0, 0.1) is 19.7 Å². The summed E-state index contributed by atoms with van der Waals surface area (Å²) in [4.78, 5) is 0. The molecule has 0 saturated carbocycles. The van der Waals surface area contributed by atoms with Crippen LogP contribution in [0.4, 0.5) is 15.9 Å². The number of nitrogens with one attached hydrogen (secondary N) is 2. The summed E-state index contributed by atoms with van der Waals surface area (Å²) < 4.78 is 16.8. The Morgan fingerprint density at radius 1 is 1.00 bits per heavy atom. The van der Waals surface area contributed by atoms with E-state index >= 15 is 0 Å². The quantitative estimate of drug-likeness (QED) is 0.371. The molecule has 0 atom stereocenters. The standard InChI is InChI=1S/C23H22ClFN6S/c1-15-22(16(2)31(28-15)14-17-6-8-20(25)9-7-17)27-23(32)26-21-10-11-30(29-21)13-18-4-3-5-19(24)12-18/h3-12H,13-14H2,1-2H3,(H2,26,27,29,32). The minimum atomic E-state index is -0.254. The Labute approximate surface area is 196 Å². The van der Waals surface area contributed by atoms with Gasteiger partial charge in [-0.15, -0.1) is 0 Å². The maximum Gasteiger partial charge on any atom is 0.176 e. The number of nitrogens with zero attached hydrogens (tertiary/aromatic N) is 4. The van der Waals surface area contributed by atoms with Crippen molar-refractivity contribution in [2.75, 3.05) is 10.6 Å². The number of thiocarbonyl (C=S) groups is 1. The highest BCUT2D eigenvalue weighted by molar-refractivity contribution is 7.80. The van der Waals surface area contributed by atoms with Gasteiger partial charge in [-0.05, 0) is 61.5 Å². The van der Waals surface area contributed by atoms with Crippen LogP contribution in [0.25, 0.3) is 0 Å². The Hall–Kier alpha value is -3.23. The summed E-state index contributed by atoms with van der Waals surface area (Å²) in [5.41, 5.74) is 4.62. The maximum atomic E-state index is 13.2. The molecule has 0 radical (unpaired) electrons. The van der Waals surface area contributed by atoms with Gasteiger partial charge in [0.15, 0.2) is 10.9 Å². The lowest BCUT2D eigenvalue weighted by atomic mass is 10.2. The number of halogens is 2. The first-order valence-corrected chi connectivity index (χ1v) is 10.8. The molecule has 0 spiro atoms. The van der Waals surface area contributed by atoms with Crippen molar-refractivity contribution in [3.8, 4) is 0 Å². The SMILES string of the molecule is Cc1nn(Cc2ccc(F)cc2)c(C)c1NC(=S)Nc1ccn(Cc2cccc(Cl)c2)n1. The fraction of sp³-hybridized carbons (Fsp3) is 0.174. The third-order valence-corrected chi connectivity index (χ3v) is 5.42. The van der Waals surface area contributed by atoms with Crippen molar-refractivity contribution in [2.45, 2.75) is 26.9 Å². The van der Waals surface area contributed by atoms with E-state index in [0.717, 1.165) is 28.2 Å². The van der Waals surface area contributed by atoms with Crippen molar-refractivity contribution in [3.63, 3.8) is 0 Å². The molecule has 0 fully saturated rings. The van der Waals surface area contributed by atoms with Gasteiger partial charge in [0, 0.05) is 17.3 Å². The fourth-order valence-corrected chi connectivity index (χ4v) is 3.81. The molecular formula is C23H22ClFN6S. The van der Waals surface area contributed by atoms with E-state index in [1.165, 1.54) is 12.1 Å².